The van der Waals surface area contributed by atoms with E-state index in [1.165, 1.54) is 40.5 Å². The van der Waals surface area contributed by atoms with Crippen molar-refractivity contribution in [2.75, 3.05) is 0 Å². The van der Waals surface area contributed by atoms with Crippen molar-refractivity contribution in [2.24, 2.45) is 5.92 Å². The van der Waals surface area contributed by atoms with Crippen molar-refractivity contribution in [3.8, 4) is 11.1 Å². The zero-order valence-corrected chi connectivity index (χ0v) is 19.1. The molecule has 1 N–H and O–H groups in total. The van der Waals surface area contributed by atoms with Gasteiger partial charge in [0.25, 0.3) is 0 Å². The number of fused-ring (bicyclic) bond motifs is 1. The summed E-state index contributed by atoms with van der Waals surface area (Å²) >= 11 is 3.86. The maximum absolute atomic E-state index is 11.3. The van der Waals surface area contributed by atoms with Crippen molar-refractivity contribution >= 4 is 28.6 Å². The van der Waals surface area contributed by atoms with E-state index in [-0.39, 0.29) is 5.12 Å². The second-order valence-electron chi connectivity index (χ2n) is 8.82. The van der Waals surface area contributed by atoms with Crippen molar-refractivity contribution in [1.82, 2.24) is 15.1 Å². The molecule has 0 aliphatic heterocycles. The van der Waals surface area contributed by atoms with Gasteiger partial charge in [0.05, 0.1) is 5.52 Å². The minimum absolute atomic E-state index is 0.202. The van der Waals surface area contributed by atoms with Gasteiger partial charge < -0.3 is 5.32 Å². The Hall–Kier alpha value is -2.89. The summed E-state index contributed by atoms with van der Waals surface area (Å²) in [5.41, 5.74) is 7.86. The molecule has 5 rings (SSSR count). The number of rotatable bonds is 8. The first-order valence-electron chi connectivity index (χ1n) is 11.2. The predicted octanol–water partition coefficient (Wildman–Crippen LogP) is 5.78. The van der Waals surface area contributed by atoms with Gasteiger partial charge in [-0.15, -0.1) is 12.6 Å². The summed E-state index contributed by atoms with van der Waals surface area (Å²) in [6, 6.07) is 20.8. The normalized spacial score (nSPS) is 13.6. The van der Waals surface area contributed by atoms with Gasteiger partial charge in [-0.05, 0) is 65.6 Å². The van der Waals surface area contributed by atoms with Gasteiger partial charge >= 0.3 is 0 Å². The number of benzene rings is 3. The van der Waals surface area contributed by atoms with E-state index in [9.17, 15) is 4.79 Å². The second kappa shape index (κ2) is 8.93. The van der Waals surface area contributed by atoms with Crippen molar-refractivity contribution in [3.63, 3.8) is 0 Å². The number of aryl methyl sites for hydroxylation is 1. The number of hydrogen-bond acceptors (Lipinski definition) is 3. The molecule has 162 valence electrons. The minimum Gasteiger partial charge on any atom is -0.309 e. The Balaban J connectivity index is 1.25. The number of carbonyl (C=O) groups is 1. The fraction of sp³-hybridized carbons (Fsp3) is 0.259. The average molecular weight is 442 g/mol. The van der Waals surface area contributed by atoms with Gasteiger partial charge in [-0.1, -0.05) is 48.5 Å². The first-order valence-corrected chi connectivity index (χ1v) is 11.6. The van der Waals surface area contributed by atoms with Gasteiger partial charge in [-0.2, -0.15) is 5.10 Å². The van der Waals surface area contributed by atoms with Gasteiger partial charge in [0.15, 0.2) is 0 Å². The van der Waals surface area contributed by atoms with Crippen LogP contribution in [0.2, 0.25) is 0 Å². The van der Waals surface area contributed by atoms with E-state index in [0.717, 1.165) is 36.6 Å². The third-order valence-electron chi connectivity index (χ3n) is 6.15. The SMILES string of the molecule is Cc1cc(CNCc2ccc(C(=O)S)cc2)ccc1-c1ccc2nn(CC3CC3)cc2c1. The Morgan fingerprint density at radius 1 is 1.03 bits per heavy atom. The Labute approximate surface area is 194 Å². The first-order chi connectivity index (χ1) is 15.5. The van der Waals surface area contributed by atoms with Gasteiger partial charge in [0, 0.05) is 36.8 Å². The molecule has 1 fully saturated rings. The summed E-state index contributed by atoms with van der Waals surface area (Å²) in [5.74, 6) is 0.823. The topological polar surface area (TPSA) is 46.9 Å². The largest absolute Gasteiger partial charge is 0.309 e. The third kappa shape index (κ3) is 4.79. The molecule has 0 saturated heterocycles. The molecule has 1 saturated carbocycles. The zero-order chi connectivity index (χ0) is 22.1. The number of nitrogens with one attached hydrogen (secondary N) is 1. The maximum atomic E-state index is 11.3. The molecule has 5 heteroatoms. The summed E-state index contributed by atoms with van der Waals surface area (Å²) in [6.07, 6.45) is 4.86. The minimum atomic E-state index is -0.202. The summed E-state index contributed by atoms with van der Waals surface area (Å²) in [6.45, 7) is 4.76. The molecule has 1 aliphatic carbocycles. The molecule has 1 heterocycles. The molecule has 0 radical (unpaired) electrons. The monoisotopic (exact) mass is 441 g/mol. The lowest BCUT2D eigenvalue weighted by Gasteiger charge is -2.10. The number of nitrogens with zero attached hydrogens (tertiary/aromatic N) is 2. The van der Waals surface area contributed by atoms with E-state index in [4.69, 9.17) is 5.10 Å². The van der Waals surface area contributed by atoms with E-state index in [0.29, 0.717) is 5.56 Å². The number of thiol groups is 1. The lowest BCUT2D eigenvalue weighted by Crippen LogP contribution is -2.12. The molecule has 3 aromatic carbocycles. The van der Waals surface area contributed by atoms with Crippen LogP contribution in [0.25, 0.3) is 22.0 Å². The molecule has 0 bridgehead atoms. The third-order valence-corrected chi connectivity index (χ3v) is 6.41. The standard InChI is InChI=1S/C27H27N3OS/c1-18-12-21(15-28-14-19-4-7-22(8-5-19)27(31)32)6-10-25(18)23-9-11-26-24(13-23)17-30(29-26)16-20-2-3-20/h4-13,17,20,28H,2-3,14-16H2,1H3,(H,31,32). The van der Waals surface area contributed by atoms with Gasteiger partial charge in [-0.3, -0.25) is 9.48 Å². The summed E-state index contributed by atoms with van der Waals surface area (Å²) in [7, 11) is 0. The van der Waals surface area contributed by atoms with E-state index in [1.54, 1.807) is 0 Å². The molecule has 0 spiro atoms. The molecule has 1 aromatic heterocycles. The number of carbonyl (C=O) groups excluding carboxylic acids is 1. The van der Waals surface area contributed by atoms with Gasteiger partial charge in [0.1, 0.15) is 0 Å². The van der Waals surface area contributed by atoms with Crippen LogP contribution < -0.4 is 5.32 Å². The molecule has 0 unspecified atom stereocenters. The molecule has 0 atom stereocenters. The highest BCUT2D eigenvalue weighted by Crippen LogP contribution is 2.32. The Morgan fingerprint density at radius 3 is 2.50 bits per heavy atom. The Kier molecular flexibility index (Phi) is 5.85. The quantitative estimate of drug-likeness (QED) is 0.341. The molecule has 0 amide bonds. The first kappa shape index (κ1) is 21.0. The lowest BCUT2D eigenvalue weighted by atomic mass is 9.97. The molecular weight excluding hydrogens is 414 g/mol. The summed E-state index contributed by atoms with van der Waals surface area (Å²) in [4.78, 5) is 11.3. The molecule has 32 heavy (non-hydrogen) atoms. The van der Waals surface area contributed by atoms with Crippen LogP contribution in [-0.2, 0) is 19.6 Å². The fourth-order valence-corrected chi connectivity index (χ4v) is 4.33. The van der Waals surface area contributed by atoms with Crippen LogP contribution >= 0.6 is 12.6 Å². The fourth-order valence-electron chi connectivity index (χ4n) is 4.18. The maximum Gasteiger partial charge on any atom is 0.216 e. The highest BCUT2D eigenvalue weighted by atomic mass is 32.1. The number of aromatic nitrogens is 2. The zero-order valence-electron chi connectivity index (χ0n) is 18.2. The van der Waals surface area contributed by atoms with Crippen LogP contribution in [0.1, 0.15) is 39.9 Å². The van der Waals surface area contributed by atoms with Gasteiger partial charge in [-0.25, -0.2) is 0 Å². The smallest absolute Gasteiger partial charge is 0.216 e. The molecule has 4 aromatic rings. The van der Waals surface area contributed by atoms with E-state index < -0.39 is 0 Å². The van der Waals surface area contributed by atoms with Crippen LogP contribution in [0.4, 0.5) is 0 Å². The van der Waals surface area contributed by atoms with Crippen LogP contribution in [0.5, 0.6) is 0 Å². The van der Waals surface area contributed by atoms with Crippen molar-refractivity contribution in [1.29, 1.82) is 0 Å². The number of hydrogen-bond donors (Lipinski definition) is 2. The van der Waals surface area contributed by atoms with Crippen LogP contribution in [-0.4, -0.2) is 14.9 Å². The van der Waals surface area contributed by atoms with Crippen LogP contribution in [0.15, 0.2) is 66.9 Å². The highest BCUT2D eigenvalue weighted by molar-refractivity contribution is 7.97. The lowest BCUT2D eigenvalue weighted by molar-refractivity contribution is 0.109. The van der Waals surface area contributed by atoms with Gasteiger partial charge in [0.2, 0.25) is 5.12 Å². The Morgan fingerprint density at radius 2 is 1.78 bits per heavy atom. The predicted molar refractivity (Wildman–Crippen MR) is 133 cm³/mol. The molecule has 1 aliphatic rings. The van der Waals surface area contributed by atoms with Crippen molar-refractivity contribution in [3.05, 3.63) is 89.1 Å². The molecular formula is C27H27N3OS. The van der Waals surface area contributed by atoms with Crippen LogP contribution in [0.3, 0.4) is 0 Å². The average Bonchev–Trinajstić information content (AvgIpc) is 3.50. The van der Waals surface area contributed by atoms with Crippen molar-refractivity contribution < 1.29 is 4.79 Å². The Bertz CT molecular complexity index is 1270. The second-order valence-corrected chi connectivity index (χ2v) is 9.23. The summed E-state index contributed by atoms with van der Waals surface area (Å²) in [5, 5.41) is 9.21. The van der Waals surface area contributed by atoms with E-state index in [2.05, 4.69) is 72.1 Å². The summed E-state index contributed by atoms with van der Waals surface area (Å²) < 4.78 is 2.11. The molecule has 4 nitrogen and oxygen atoms in total. The van der Waals surface area contributed by atoms with Crippen molar-refractivity contribution in [2.45, 2.75) is 39.4 Å². The van der Waals surface area contributed by atoms with Crippen LogP contribution in [0, 0.1) is 12.8 Å². The van der Waals surface area contributed by atoms with E-state index in [1.807, 2.05) is 24.3 Å². The van der Waals surface area contributed by atoms with E-state index >= 15 is 0 Å². The highest BCUT2D eigenvalue weighted by Gasteiger charge is 2.22.